The third-order valence-corrected chi connectivity index (χ3v) is 6.30. The molecule has 0 N–H and O–H groups in total. The average molecular weight is 408 g/mol. The molecule has 1 amide bonds. The van der Waals surface area contributed by atoms with Crippen LogP contribution in [0.25, 0.3) is 22.3 Å². The molecule has 1 saturated carbocycles. The number of nitrogens with zero attached hydrogens (tertiary/aromatic N) is 6. The first-order chi connectivity index (χ1) is 14.7. The number of hydrogen-bond acceptors (Lipinski definition) is 7. The van der Waals surface area contributed by atoms with Crippen molar-refractivity contribution in [3.05, 3.63) is 24.4 Å². The summed E-state index contributed by atoms with van der Waals surface area (Å²) in [6, 6.07) is 6.89. The van der Waals surface area contributed by atoms with Gasteiger partial charge in [-0.2, -0.15) is 10.1 Å². The van der Waals surface area contributed by atoms with Crippen molar-refractivity contribution >= 4 is 22.8 Å². The van der Waals surface area contributed by atoms with Crippen molar-refractivity contribution in [2.75, 3.05) is 44.3 Å². The van der Waals surface area contributed by atoms with Gasteiger partial charge in [0, 0.05) is 43.5 Å². The van der Waals surface area contributed by atoms with Crippen LogP contribution in [0, 0.1) is 5.92 Å². The highest BCUT2D eigenvalue weighted by Gasteiger charge is 2.30. The highest BCUT2D eigenvalue weighted by Crippen LogP contribution is 2.33. The predicted molar refractivity (Wildman–Crippen MR) is 109 cm³/mol. The molecule has 2 aromatic heterocycles. The molecule has 3 aromatic rings. The van der Waals surface area contributed by atoms with E-state index in [1.165, 1.54) is 12.8 Å². The lowest BCUT2D eigenvalue weighted by Gasteiger charge is -2.33. The first-order valence-corrected chi connectivity index (χ1v) is 10.7. The molecular formula is C21H24N6O3. The van der Waals surface area contributed by atoms with Crippen molar-refractivity contribution in [1.82, 2.24) is 24.8 Å². The molecule has 2 saturated heterocycles. The van der Waals surface area contributed by atoms with Crippen LogP contribution in [0.4, 0.5) is 6.01 Å². The summed E-state index contributed by atoms with van der Waals surface area (Å²) in [6.07, 6.45) is 4.99. The molecule has 9 nitrogen and oxygen atoms in total. The van der Waals surface area contributed by atoms with Crippen LogP contribution in [0.15, 0.2) is 28.9 Å². The number of piperazine rings is 1. The van der Waals surface area contributed by atoms with Gasteiger partial charge >= 0.3 is 6.01 Å². The Bertz CT molecular complexity index is 1080. The number of anilines is 1. The SMILES string of the molecule is O=C(CC1CC1)N1CCN(c2nc(-c3ccc4cnn(C5COC5)c4c3)no2)CC1. The monoisotopic (exact) mass is 408 g/mol. The van der Waals surface area contributed by atoms with E-state index in [1.807, 2.05) is 27.9 Å². The summed E-state index contributed by atoms with van der Waals surface area (Å²) in [6.45, 7) is 4.23. The molecule has 3 fully saturated rings. The van der Waals surface area contributed by atoms with Gasteiger partial charge in [-0.05, 0) is 24.8 Å². The second-order valence-corrected chi connectivity index (χ2v) is 8.47. The predicted octanol–water partition coefficient (Wildman–Crippen LogP) is 2.11. The summed E-state index contributed by atoms with van der Waals surface area (Å²) in [5.41, 5.74) is 1.95. The lowest BCUT2D eigenvalue weighted by Crippen LogP contribution is -2.49. The number of rotatable bonds is 5. The van der Waals surface area contributed by atoms with Crippen molar-refractivity contribution in [3.8, 4) is 11.4 Å². The average Bonchev–Trinajstić information content (AvgIpc) is 3.25. The van der Waals surface area contributed by atoms with Crippen LogP contribution in [0.2, 0.25) is 0 Å². The Hall–Kier alpha value is -2.94. The second kappa shape index (κ2) is 7.09. The van der Waals surface area contributed by atoms with Crippen molar-refractivity contribution in [2.45, 2.75) is 25.3 Å². The maximum Gasteiger partial charge on any atom is 0.324 e. The van der Waals surface area contributed by atoms with E-state index < -0.39 is 0 Å². The van der Waals surface area contributed by atoms with Gasteiger partial charge < -0.3 is 19.1 Å². The Morgan fingerprint density at radius 1 is 1.13 bits per heavy atom. The number of aromatic nitrogens is 4. The van der Waals surface area contributed by atoms with Crippen molar-refractivity contribution in [1.29, 1.82) is 0 Å². The maximum absolute atomic E-state index is 12.3. The molecule has 0 spiro atoms. The number of ether oxygens (including phenoxy) is 1. The molecule has 0 radical (unpaired) electrons. The van der Waals surface area contributed by atoms with Crippen LogP contribution in [-0.4, -0.2) is 70.1 Å². The zero-order valence-electron chi connectivity index (χ0n) is 16.7. The molecule has 156 valence electrons. The van der Waals surface area contributed by atoms with Gasteiger partial charge in [0.05, 0.1) is 31.0 Å². The Labute approximate surface area is 173 Å². The second-order valence-electron chi connectivity index (χ2n) is 8.47. The Balaban J connectivity index is 1.16. The molecule has 1 aromatic carbocycles. The lowest BCUT2D eigenvalue weighted by molar-refractivity contribution is -0.131. The summed E-state index contributed by atoms with van der Waals surface area (Å²) in [7, 11) is 0. The molecule has 4 heterocycles. The Morgan fingerprint density at radius 2 is 1.97 bits per heavy atom. The molecule has 0 atom stereocenters. The molecule has 9 heteroatoms. The minimum absolute atomic E-state index is 0.283. The Kier molecular flexibility index (Phi) is 4.22. The summed E-state index contributed by atoms with van der Waals surface area (Å²) in [4.78, 5) is 21.0. The first kappa shape index (κ1) is 17.9. The van der Waals surface area contributed by atoms with Crippen molar-refractivity contribution in [2.24, 2.45) is 5.92 Å². The highest BCUT2D eigenvalue weighted by molar-refractivity contribution is 5.83. The number of carbonyl (C=O) groups is 1. The third-order valence-electron chi connectivity index (χ3n) is 6.30. The summed E-state index contributed by atoms with van der Waals surface area (Å²) in [5.74, 6) is 1.47. The number of benzene rings is 1. The molecule has 0 bridgehead atoms. The van der Waals surface area contributed by atoms with Gasteiger partial charge in [-0.25, -0.2) is 0 Å². The van der Waals surface area contributed by atoms with Gasteiger partial charge in [-0.1, -0.05) is 17.3 Å². The molecule has 2 aliphatic heterocycles. The number of amides is 1. The van der Waals surface area contributed by atoms with Crippen LogP contribution in [0.1, 0.15) is 25.3 Å². The van der Waals surface area contributed by atoms with Crippen LogP contribution >= 0.6 is 0 Å². The number of fused-ring (bicyclic) bond motifs is 1. The van der Waals surface area contributed by atoms with Crippen molar-refractivity contribution in [3.63, 3.8) is 0 Å². The van der Waals surface area contributed by atoms with E-state index in [1.54, 1.807) is 0 Å². The van der Waals surface area contributed by atoms with Gasteiger partial charge in [0.25, 0.3) is 0 Å². The quantitative estimate of drug-likeness (QED) is 0.639. The largest absolute Gasteiger partial charge is 0.377 e. The Morgan fingerprint density at radius 3 is 2.70 bits per heavy atom. The zero-order chi connectivity index (χ0) is 20.1. The van der Waals surface area contributed by atoms with Crippen LogP contribution in [0.5, 0.6) is 0 Å². The summed E-state index contributed by atoms with van der Waals surface area (Å²) in [5, 5.41) is 9.79. The maximum atomic E-state index is 12.3. The smallest absolute Gasteiger partial charge is 0.324 e. The molecular weight excluding hydrogens is 384 g/mol. The first-order valence-electron chi connectivity index (χ1n) is 10.7. The van der Waals surface area contributed by atoms with Crippen LogP contribution in [-0.2, 0) is 9.53 Å². The number of carbonyl (C=O) groups excluding carboxylic acids is 1. The van der Waals surface area contributed by atoms with Gasteiger partial charge in [0.2, 0.25) is 11.7 Å². The third kappa shape index (κ3) is 3.23. The van der Waals surface area contributed by atoms with E-state index in [9.17, 15) is 4.79 Å². The van der Waals surface area contributed by atoms with Gasteiger partial charge in [0.15, 0.2) is 0 Å². The molecule has 30 heavy (non-hydrogen) atoms. The topological polar surface area (TPSA) is 89.5 Å². The lowest BCUT2D eigenvalue weighted by atomic mass is 10.1. The van der Waals surface area contributed by atoms with Gasteiger partial charge in [-0.15, -0.1) is 0 Å². The van der Waals surface area contributed by atoms with E-state index in [0.29, 0.717) is 63.6 Å². The van der Waals surface area contributed by atoms with E-state index in [0.717, 1.165) is 16.5 Å². The highest BCUT2D eigenvalue weighted by atomic mass is 16.5. The standard InChI is InChI=1S/C21H24N6O3/c28-19(9-14-1-2-14)25-5-7-26(8-6-25)21-23-20(24-30-21)15-3-4-16-11-22-27(18(16)10-15)17-12-29-13-17/h3-4,10-11,14,17H,1-2,5-9,12-13H2. The van der Waals surface area contributed by atoms with Crippen LogP contribution in [0.3, 0.4) is 0 Å². The fourth-order valence-electron chi connectivity index (χ4n) is 4.14. The van der Waals surface area contributed by atoms with Gasteiger partial charge in [-0.3, -0.25) is 9.48 Å². The van der Waals surface area contributed by atoms with E-state index in [4.69, 9.17) is 9.26 Å². The van der Waals surface area contributed by atoms with E-state index >= 15 is 0 Å². The zero-order valence-corrected chi connectivity index (χ0v) is 16.7. The van der Waals surface area contributed by atoms with Gasteiger partial charge in [0.1, 0.15) is 0 Å². The van der Waals surface area contributed by atoms with E-state index in [-0.39, 0.29) is 11.9 Å². The summed E-state index contributed by atoms with van der Waals surface area (Å²) < 4.78 is 12.9. The fourth-order valence-corrected chi connectivity index (χ4v) is 4.14. The molecule has 0 unspecified atom stereocenters. The van der Waals surface area contributed by atoms with Crippen molar-refractivity contribution < 1.29 is 14.1 Å². The molecule has 6 rings (SSSR count). The van der Waals surface area contributed by atoms with E-state index in [2.05, 4.69) is 26.2 Å². The number of hydrogen-bond donors (Lipinski definition) is 0. The molecule has 3 aliphatic rings. The minimum atomic E-state index is 0.283. The normalized spacial score (nSPS) is 20.0. The minimum Gasteiger partial charge on any atom is -0.377 e. The molecule has 1 aliphatic carbocycles. The summed E-state index contributed by atoms with van der Waals surface area (Å²) >= 11 is 0. The fraction of sp³-hybridized carbons (Fsp3) is 0.524. The van der Waals surface area contributed by atoms with Crippen LogP contribution < -0.4 is 4.90 Å².